The Hall–Kier alpha value is -1.06. The lowest BCUT2D eigenvalue weighted by Crippen LogP contribution is -2.37. The van der Waals surface area contributed by atoms with Gasteiger partial charge < -0.3 is 14.8 Å². The minimum Gasteiger partial charge on any atom is -0.496 e. The standard InChI is InChI=1S/C15H21NO2/c1-10-3-5-14(17-2)11(7-10)9-16-13-8-12-4-6-15(13)18-12/h3,5,7,12-13,15-16H,4,6,8-9H2,1-2H3. The Labute approximate surface area is 108 Å². The molecule has 2 aliphatic heterocycles. The van der Waals surface area contributed by atoms with Crippen molar-refractivity contribution in [1.82, 2.24) is 5.32 Å². The van der Waals surface area contributed by atoms with Gasteiger partial charge in [-0.25, -0.2) is 0 Å². The Balaban J connectivity index is 1.64. The van der Waals surface area contributed by atoms with Gasteiger partial charge in [0.15, 0.2) is 0 Å². The molecule has 1 N–H and O–H groups in total. The van der Waals surface area contributed by atoms with E-state index >= 15 is 0 Å². The van der Waals surface area contributed by atoms with Crippen LogP contribution in [0.1, 0.15) is 30.4 Å². The van der Waals surface area contributed by atoms with E-state index in [1.807, 2.05) is 6.07 Å². The second-order valence-electron chi connectivity index (χ2n) is 5.41. The monoisotopic (exact) mass is 247 g/mol. The van der Waals surface area contributed by atoms with E-state index in [1.54, 1.807) is 7.11 Å². The van der Waals surface area contributed by atoms with Gasteiger partial charge in [-0.3, -0.25) is 0 Å². The quantitative estimate of drug-likeness (QED) is 0.886. The first-order chi connectivity index (χ1) is 8.76. The normalized spacial score (nSPS) is 29.8. The van der Waals surface area contributed by atoms with E-state index in [0.29, 0.717) is 18.2 Å². The van der Waals surface area contributed by atoms with Crippen LogP contribution in [0.3, 0.4) is 0 Å². The minimum atomic E-state index is 0.436. The Bertz CT molecular complexity index is 433. The minimum absolute atomic E-state index is 0.436. The van der Waals surface area contributed by atoms with Gasteiger partial charge >= 0.3 is 0 Å². The fourth-order valence-corrected chi connectivity index (χ4v) is 3.14. The van der Waals surface area contributed by atoms with E-state index in [-0.39, 0.29) is 0 Å². The molecule has 0 radical (unpaired) electrons. The van der Waals surface area contributed by atoms with Crippen molar-refractivity contribution in [3.63, 3.8) is 0 Å². The summed E-state index contributed by atoms with van der Waals surface area (Å²) in [6.45, 7) is 2.98. The third-order valence-electron chi connectivity index (χ3n) is 4.10. The molecule has 3 unspecified atom stereocenters. The lowest BCUT2D eigenvalue weighted by Gasteiger charge is -2.21. The second-order valence-corrected chi connectivity index (χ2v) is 5.41. The van der Waals surface area contributed by atoms with Crippen molar-refractivity contribution < 1.29 is 9.47 Å². The highest BCUT2D eigenvalue weighted by atomic mass is 16.5. The Morgan fingerprint density at radius 1 is 1.39 bits per heavy atom. The highest BCUT2D eigenvalue weighted by Gasteiger charge is 2.40. The van der Waals surface area contributed by atoms with Crippen LogP contribution in [0.2, 0.25) is 0 Å². The van der Waals surface area contributed by atoms with Gasteiger partial charge in [-0.05, 0) is 32.3 Å². The van der Waals surface area contributed by atoms with Gasteiger partial charge in [0.25, 0.3) is 0 Å². The molecule has 1 aromatic rings. The van der Waals surface area contributed by atoms with Gasteiger partial charge in [-0.2, -0.15) is 0 Å². The van der Waals surface area contributed by atoms with Crippen LogP contribution in [0.4, 0.5) is 0 Å². The maximum Gasteiger partial charge on any atom is 0.123 e. The highest BCUT2D eigenvalue weighted by molar-refractivity contribution is 5.36. The van der Waals surface area contributed by atoms with Crippen molar-refractivity contribution in [2.75, 3.05) is 7.11 Å². The van der Waals surface area contributed by atoms with Gasteiger partial charge in [-0.1, -0.05) is 17.7 Å². The van der Waals surface area contributed by atoms with E-state index in [0.717, 1.165) is 12.3 Å². The molecule has 0 saturated carbocycles. The number of ether oxygens (including phenoxy) is 2. The number of hydrogen-bond acceptors (Lipinski definition) is 3. The number of aryl methyl sites for hydroxylation is 1. The van der Waals surface area contributed by atoms with Crippen molar-refractivity contribution in [2.24, 2.45) is 0 Å². The highest BCUT2D eigenvalue weighted by Crippen LogP contribution is 2.34. The molecule has 1 aromatic carbocycles. The molecule has 2 saturated heterocycles. The van der Waals surface area contributed by atoms with Crippen molar-refractivity contribution in [3.05, 3.63) is 29.3 Å². The molecule has 0 aromatic heterocycles. The molecule has 3 nitrogen and oxygen atoms in total. The van der Waals surface area contributed by atoms with Crippen molar-refractivity contribution in [1.29, 1.82) is 0 Å². The third-order valence-corrected chi connectivity index (χ3v) is 4.10. The molecular weight excluding hydrogens is 226 g/mol. The van der Waals surface area contributed by atoms with Gasteiger partial charge in [0.2, 0.25) is 0 Å². The smallest absolute Gasteiger partial charge is 0.123 e. The molecule has 3 atom stereocenters. The maximum absolute atomic E-state index is 5.86. The summed E-state index contributed by atoms with van der Waals surface area (Å²) in [6.07, 6.45) is 4.57. The second kappa shape index (κ2) is 4.90. The summed E-state index contributed by atoms with van der Waals surface area (Å²) in [5, 5.41) is 3.63. The van der Waals surface area contributed by atoms with Crippen molar-refractivity contribution in [2.45, 2.75) is 51.0 Å². The fraction of sp³-hybridized carbons (Fsp3) is 0.600. The number of fused-ring (bicyclic) bond motifs is 2. The topological polar surface area (TPSA) is 30.5 Å². The fourth-order valence-electron chi connectivity index (χ4n) is 3.14. The van der Waals surface area contributed by atoms with Crippen LogP contribution in [0.15, 0.2) is 18.2 Å². The zero-order valence-electron chi connectivity index (χ0n) is 11.1. The largest absolute Gasteiger partial charge is 0.496 e. The first-order valence-corrected chi connectivity index (χ1v) is 6.78. The molecule has 3 heteroatoms. The summed E-state index contributed by atoms with van der Waals surface area (Å²) in [7, 11) is 1.73. The maximum atomic E-state index is 5.86. The van der Waals surface area contributed by atoms with Crippen LogP contribution < -0.4 is 10.1 Å². The van der Waals surface area contributed by atoms with E-state index in [9.17, 15) is 0 Å². The number of rotatable bonds is 4. The van der Waals surface area contributed by atoms with Crippen LogP contribution in [-0.2, 0) is 11.3 Å². The molecule has 0 spiro atoms. The predicted octanol–water partition coefficient (Wildman–Crippen LogP) is 2.41. The lowest BCUT2D eigenvalue weighted by molar-refractivity contribution is 0.0972. The molecule has 18 heavy (non-hydrogen) atoms. The lowest BCUT2D eigenvalue weighted by atomic mass is 9.95. The number of hydrogen-bond donors (Lipinski definition) is 1. The summed E-state index contributed by atoms with van der Waals surface area (Å²) >= 11 is 0. The summed E-state index contributed by atoms with van der Waals surface area (Å²) in [5.74, 6) is 0.970. The van der Waals surface area contributed by atoms with E-state index < -0.39 is 0 Å². The molecule has 2 bridgehead atoms. The van der Waals surface area contributed by atoms with Crippen LogP contribution in [0, 0.1) is 6.92 Å². The Morgan fingerprint density at radius 3 is 2.94 bits per heavy atom. The van der Waals surface area contributed by atoms with Gasteiger partial charge in [-0.15, -0.1) is 0 Å². The molecule has 2 fully saturated rings. The summed E-state index contributed by atoms with van der Waals surface area (Å²) in [4.78, 5) is 0. The zero-order chi connectivity index (χ0) is 12.5. The molecule has 0 aliphatic carbocycles. The van der Waals surface area contributed by atoms with Gasteiger partial charge in [0.1, 0.15) is 5.75 Å². The molecule has 0 amide bonds. The van der Waals surface area contributed by atoms with Crippen LogP contribution in [0.25, 0.3) is 0 Å². The predicted molar refractivity (Wildman–Crippen MR) is 70.9 cm³/mol. The van der Waals surface area contributed by atoms with E-state index in [1.165, 1.54) is 30.4 Å². The number of benzene rings is 1. The van der Waals surface area contributed by atoms with Gasteiger partial charge in [0, 0.05) is 18.2 Å². The molecule has 2 heterocycles. The van der Waals surface area contributed by atoms with E-state index in [2.05, 4.69) is 24.4 Å². The van der Waals surface area contributed by atoms with E-state index in [4.69, 9.17) is 9.47 Å². The zero-order valence-corrected chi connectivity index (χ0v) is 11.1. The Kier molecular flexibility index (Phi) is 3.27. The average molecular weight is 247 g/mol. The molecule has 2 aliphatic rings. The third kappa shape index (κ3) is 2.25. The Morgan fingerprint density at radius 2 is 2.28 bits per heavy atom. The molecule has 3 rings (SSSR count). The first kappa shape index (κ1) is 12.0. The van der Waals surface area contributed by atoms with Crippen LogP contribution in [-0.4, -0.2) is 25.4 Å². The van der Waals surface area contributed by atoms with Crippen LogP contribution in [0.5, 0.6) is 5.75 Å². The molecular formula is C15H21NO2. The van der Waals surface area contributed by atoms with Crippen LogP contribution >= 0.6 is 0 Å². The summed E-state index contributed by atoms with van der Waals surface area (Å²) in [5.41, 5.74) is 2.51. The SMILES string of the molecule is COc1ccc(C)cc1CNC1CC2CCC1O2. The average Bonchev–Trinajstić information content (AvgIpc) is 2.98. The number of methoxy groups -OCH3 is 1. The van der Waals surface area contributed by atoms with Crippen molar-refractivity contribution >= 4 is 0 Å². The van der Waals surface area contributed by atoms with Gasteiger partial charge in [0.05, 0.1) is 19.3 Å². The summed E-state index contributed by atoms with van der Waals surface area (Å²) < 4.78 is 11.3. The molecule has 98 valence electrons. The first-order valence-electron chi connectivity index (χ1n) is 6.78. The van der Waals surface area contributed by atoms with Crippen molar-refractivity contribution in [3.8, 4) is 5.75 Å². The number of nitrogens with one attached hydrogen (secondary N) is 1. The summed E-state index contributed by atoms with van der Waals surface area (Å²) in [6, 6.07) is 6.85.